The van der Waals surface area contributed by atoms with Crippen LogP contribution in [0.4, 0.5) is 4.79 Å². The summed E-state index contributed by atoms with van der Waals surface area (Å²) in [6.45, 7) is 11.0. The van der Waals surface area contributed by atoms with Gasteiger partial charge >= 0.3 is 6.03 Å². The summed E-state index contributed by atoms with van der Waals surface area (Å²) in [5, 5.41) is 5.43. The van der Waals surface area contributed by atoms with E-state index >= 15 is 0 Å². The largest absolute Gasteiger partial charge is 0.323 e. The van der Waals surface area contributed by atoms with Crippen molar-refractivity contribution in [1.82, 2.24) is 10.6 Å². The molecule has 0 radical (unpaired) electrons. The van der Waals surface area contributed by atoms with E-state index in [0.29, 0.717) is 11.4 Å². The molecule has 0 unspecified atom stereocenters. The lowest BCUT2D eigenvalue weighted by molar-refractivity contribution is 0.246. The number of hydrogen-bond donors (Lipinski definition) is 2. The Kier molecular flexibility index (Phi) is 10.1. The topological polar surface area (TPSA) is 41.1 Å². The first kappa shape index (κ1) is 17.4. The predicted octanol–water partition coefficient (Wildman–Crippen LogP) is 4.13. The van der Waals surface area contributed by atoms with E-state index in [1.165, 1.54) is 0 Å². The number of nitrogens with one attached hydrogen (secondary N) is 2. The van der Waals surface area contributed by atoms with Crippen LogP contribution in [0.3, 0.4) is 0 Å². The second-order valence-corrected chi connectivity index (χ2v) is 3.65. The van der Waals surface area contributed by atoms with E-state index in [-0.39, 0.29) is 6.03 Å². The Morgan fingerprint density at radius 1 is 0.950 bits per heavy atom. The maximum absolute atomic E-state index is 11.8. The summed E-state index contributed by atoms with van der Waals surface area (Å²) in [4.78, 5) is 11.8. The number of allylic oxidation sites excluding steroid dienone is 10. The van der Waals surface area contributed by atoms with Gasteiger partial charge in [0.25, 0.3) is 0 Å². The number of hydrogen-bond acceptors (Lipinski definition) is 1. The Morgan fingerprint density at radius 3 is 2.20 bits per heavy atom. The Morgan fingerprint density at radius 2 is 1.65 bits per heavy atom. The molecule has 0 fully saturated rings. The van der Waals surface area contributed by atoms with Crippen LogP contribution in [0.5, 0.6) is 0 Å². The van der Waals surface area contributed by atoms with Crippen molar-refractivity contribution < 1.29 is 4.79 Å². The van der Waals surface area contributed by atoms with Crippen LogP contribution in [0, 0.1) is 0 Å². The summed E-state index contributed by atoms with van der Waals surface area (Å²) in [7, 11) is 0. The lowest BCUT2D eigenvalue weighted by atomic mass is 10.3. The lowest BCUT2D eigenvalue weighted by Crippen LogP contribution is -2.33. The molecule has 0 heterocycles. The lowest BCUT2D eigenvalue weighted by Gasteiger charge is -2.08. The molecule has 0 aliphatic carbocycles. The van der Waals surface area contributed by atoms with E-state index < -0.39 is 0 Å². The van der Waals surface area contributed by atoms with E-state index in [1.807, 2.05) is 44.2 Å². The third kappa shape index (κ3) is 8.53. The van der Waals surface area contributed by atoms with Crippen molar-refractivity contribution in [2.75, 3.05) is 0 Å². The van der Waals surface area contributed by atoms with Gasteiger partial charge in [-0.15, -0.1) is 0 Å². The number of urea groups is 1. The van der Waals surface area contributed by atoms with E-state index in [2.05, 4.69) is 23.8 Å². The summed E-state index contributed by atoms with van der Waals surface area (Å²) in [6, 6.07) is -0.318. The summed E-state index contributed by atoms with van der Waals surface area (Å²) < 4.78 is 0. The average Bonchev–Trinajstić information content (AvgIpc) is 2.45. The van der Waals surface area contributed by atoms with Crippen LogP contribution in [0.2, 0.25) is 0 Å². The molecule has 0 bridgehead atoms. The Labute approximate surface area is 121 Å². The quantitative estimate of drug-likeness (QED) is 0.671. The zero-order chi connectivity index (χ0) is 15.2. The van der Waals surface area contributed by atoms with Crippen molar-refractivity contribution in [1.29, 1.82) is 0 Å². The first-order chi connectivity index (χ1) is 9.67. The third-order valence-electron chi connectivity index (χ3n) is 2.15. The molecule has 2 amide bonds. The highest BCUT2D eigenvalue weighted by Crippen LogP contribution is 1.95. The summed E-state index contributed by atoms with van der Waals surface area (Å²) in [5.41, 5.74) is 1.32. The molecule has 0 saturated heterocycles. The predicted molar refractivity (Wildman–Crippen MR) is 87.0 cm³/mol. The second kappa shape index (κ2) is 11.5. The maximum Gasteiger partial charge on any atom is 0.323 e. The van der Waals surface area contributed by atoms with Crippen molar-refractivity contribution in [3.05, 3.63) is 85.3 Å². The Bertz CT molecular complexity index is 477. The van der Waals surface area contributed by atoms with Gasteiger partial charge in [-0.1, -0.05) is 55.7 Å². The molecule has 0 saturated carbocycles. The number of carbonyl (C=O) groups excluding carboxylic acids is 1. The fraction of sp³-hybridized carbons (Fsp3) is 0.118. The molecular formula is C17H22N2O. The zero-order valence-electron chi connectivity index (χ0n) is 12.1. The molecule has 3 heteroatoms. The zero-order valence-corrected chi connectivity index (χ0v) is 12.1. The van der Waals surface area contributed by atoms with E-state index in [1.54, 1.807) is 30.4 Å². The fourth-order valence-corrected chi connectivity index (χ4v) is 1.17. The van der Waals surface area contributed by atoms with E-state index in [4.69, 9.17) is 0 Å². The molecule has 2 N–H and O–H groups in total. The summed E-state index contributed by atoms with van der Waals surface area (Å²) >= 11 is 0. The Balaban J connectivity index is 4.59. The molecule has 106 valence electrons. The van der Waals surface area contributed by atoms with Crippen molar-refractivity contribution >= 4 is 6.03 Å². The normalized spacial score (nSPS) is 13.1. The van der Waals surface area contributed by atoms with Gasteiger partial charge in [-0.25, -0.2) is 4.79 Å². The van der Waals surface area contributed by atoms with E-state index in [9.17, 15) is 4.79 Å². The van der Waals surface area contributed by atoms with Crippen molar-refractivity contribution in [3.8, 4) is 0 Å². The standard InChI is InChI=1S/C17H22N2O/c1-5-9-11-13-15(7-3)18-17(20)19-16(8-4)14-12-10-6-2/h5-14H,1,3H2,2,4H3,(H2,18,19,20)/b10-6-,11-9-,14-12-,15-13+,16-8+. The van der Waals surface area contributed by atoms with Gasteiger partial charge in [-0.05, 0) is 32.1 Å². The van der Waals surface area contributed by atoms with E-state index in [0.717, 1.165) is 0 Å². The van der Waals surface area contributed by atoms with Crippen LogP contribution < -0.4 is 10.6 Å². The summed E-state index contributed by atoms with van der Waals surface area (Å²) in [6.07, 6.45) is 17.8. The molecule has 0 atom stereocenters. The van der Waals surface area contributed by atoms with Gasteiger partial charge < -0.3 is 10.6 Å². The van der Waals surface area contributed by atoms with Crippen LogP contribution in [-0.4, -0.2) is 6.03 Å². The van der Waals surface area contributed by atoms with Crippen LogP contribution in [0.15, 0.2) is 85.3 Å². The average molecular weight is 270 g/mol. The van der Waals surface area contributed by atoms with Gasteiger partial charge in [0.1, 0.15) is 0 Å². The highest BCUT2D eigenvalue weighted by Gasteiger charge is 2.01. The minimum Gasteiger partial charge on any atom is -0.308 e. The van der Waals surface area contributed by atoms with Gasteiger partial charge in [0.05, 0.1) is 0 Å². The van der Waals surface area contributed by atoms with Crippen LogP contribution in [-0.2, 0) is 0 Å². The minimum absolute atomic E-state index is 0.318. The van der Waals surface area contributed by atoms with Crippen molar-refractivity contribution in [2.45, 2.75) is 13.8 Å². The monoisotopic (exact) mass is 270 g/mol. The SMILES string of the molecule is C=C/C=C\C=C(/C=C)NC(=O)NC(/C=C\C=C/C)=C/C. The number of carbonyl (C=O) groups is 1. The smallest absolute Gasteiger partial charge is 0.308 e. The van der Waals surface area contributed by atoms with Gasteiger partial charge in [0.2, 0.25) is 0 Å². The van der Waals surface area contributed by atoms with Gasteiger partial charge in [-0.3, -0.25) is 0 Å². The van der Waals surface area contributed by atoms with Crippen molar-refractivity contribution in [2.24, 2.45) is 0 Å². The second-order valence-electron chi connectivity index (χ2n) is 3.65. The molecule has 0 aliphatic rings. The molecule has 0 aromatic carbocycles. The summed E-state index contributed by atoms with van der Waals surface area (Å²) in [5.74, 6) is 0. The molecule has 0 rings (SSSR count). The van der Waals surface area contributed by atoms with Gasteiger partial charge in [0.15, 0.2) is 0 Å². The number of rotatable bonds is 7. The highest BCUT2D eigenvalue weighted by atomic mass is 16.2. The molecule has 0 aromatic heterocycles. The highest BCUT2D eigenvalue weighted by molar-refractivity contribution is 5.78. The first-order valence-electron chi connectivity index (χ1n) is 6.33. The van der Waals surface area contributed by atoms with Gasteiger partial charge in [-0.2, -0.15) is 0 Å². The van der Waals surface area contributed by atoms with Crippen LogP contribution in [0.25, 0.3) is 0 Å². The fourth-order valence-electron chi connectivity index (χ4n) is 1.17. The molecular weight excluding hydrogens is 248 g/mol. The first-order valence-corrected chi connectivity index (χ1v) is 6.33. The number of amides is 2. The Hall–Kier alpha value is -2.55. The van der Waals surface area contributed by atoms with Crippen molar-refractivity contribution in [3.63, 3.8) is 0 Å². The van der Waals surface area contributed by atoms with Crippen LogP contribution >= 0.6 is 0 Å². The maximum atomic E-state index is 11.8. The molecule has 0 aromatic rings. The minimum atomic E-state index is -0.318. The molecule has 0 aliphatic heterocycles. The third-order valence-corrected chi connectivity index (χ3v) is 2.15. The van der Waals surface area contributed by atoms with Crippen LogP contribution in [0.1, 0.15) is 13.8 Å². The van der Waals surface area contributed by atoms with Gasteiger partial charge in [0, 0.05) is 11.4 Å². The molecule has 3 nitrogen and oxygen atoms in total. The molecule has 0 spiro atoms. The molecule has 20 heavy (non-hydrogen) atoms.